The summed E-state index contributed by atoms with van der Waals surface area (Å²) in [5.41, 5.74) is 2.02. The number of aromatic nitrogens is 5. The van der Waals surface area contributed by atoms with Gasteiger partial charge in [-0.1, -0.05) is 17.8 Å². The highest BCUT2D eigenvalue weighted by molar-refractivity contribution is 7.99. The van der Waals surface area contributed by atoms with Crippen molar-refractivity contribution >= 4 is 11.8 Å². The lowest BCUT2D eigenvalue weighted by Gasteiger charge is -2.21. The molecule has 0 amide bonds. The summed E-state index contributed by atoms with van der Waals surface area (Å²) in [7, 11) is 1.97. The number of halogens is 3. The van der Waals surface area contributed by atoms with E-state index in [1.807, 2.05) is 36.9 Å². The molecule has 2 atom stereocenters. The Morgan fingerprint density at radius 2 is 1.97 bits per heavy atom. The number of likely N-dealkylation sites (tertiary alicyclic amines) is 1. The molecule has 0 aromatic carbocycles. The third kappa shape index (κ3) is 4.38. The van der Waals surface area contributed by atoms with Gasteiger partial charge in [-0.2, -0.15) is 13.2 Å². The van der Waals surface area contributed by atoms with Gasteiger partial charge in [0.2, 0.25) is 0 Å². The Labute approximate surface area is 194 Å². The quantitative estimate of drug-likeness (QED) is 0.375. The molecule has 0 bridgehead atoms. The van der Waals surface area contributed by atoms with Crippen LogP contribution in [0.2, 0.25) is 0 Å². The van der Waals surface area contributed by atoms with Crippen molar-refractivity contribution in [2.45, 2.75) is 36.5 Å². The number of fused-ring (bicyclic) bond motifs is 1. The fraction of sp³-hybridized carbons (Fsp3) is 0.478. The molecule has 33 heavy (non-hydrogen) atoms. The molecule has 0 N–H and O–H groups in total. The van der Waals surface area contributed by atoms with E-state index in [0.717, 1.165) is 72.1 Å². The van der Waals surface area contributed by atoms with Crippen LogP contribution in [0, 0.1) is 12.8 Å². The Balaban J connectivity index is 1.12. The van der Waals surface area contributed by atoms with E-state index in [2.05, 4.69) is 25.1 Å². The van der Waals surface area contributed by atoms with E-state index in [0.29, 0.717) is 5.92 Å². The molecule has 2 aliphatic rings. The molecule has 0 spiro atoms. The molecular weight excluding hydrogens is 449 g/mol. The lowest BCUT2D eigenvalue weighted by Crippen LogP contribution is -2.28. The van der Waals surface area contributed by atoms with Crippen LogP contribution in [0.15, 0.2) is 41.8 Å². The van der Waals surface area contributed by atoms with Crippen molar-refractivity contribution in [2.75, 3.05) is 25.4 Å². The Bertz CT molecular complexity index is 1130. The van der Waals surface area contributed by atoms with E-state index in [1.54, 1.807) is 17.8 Å². The standard InChI is InChI=1S/C23H25F3N6S/c1-15-4-5-16(11-27-15)20-29-30-21(31(20)2)33-9-3-8-32-13-18-10-22(18,14-32)17-6-7-19(28-12-17)23(24,25)26/h4-7,11-12,18H,3,8-10,13-14H2,1-2H3/t18-,22+/m0/s1. The van der Waals surface area contributed by atoms with Crippen molar-refractivity contribution in [2.24, 2.45) is 13.0 Å². The Kier molecular flexibility index (Phi) is 5.68. The first-order chi connectivity index (χ1) is 15.8. The summed E-state index contributed by atoms with van der Waals surface area (Å²) in [5.74, 6) is 2.25. The largest absolute Gasteiger partial charge is 0.433 e. The van der Waals surface area contributed by atoms with Gasteiger partial charge in [0.1, 0.15) is 5.69 Å². The minimum absolute atomic E-state index is 0.00909. The lowest BCUT2D eigenvalue weighted by molar-refractivity contribution is -0.141. The van der Waals surface area contributed by atoms with Crippen molar-refractivity contribution in [3.8, 4) is 11.4 Å². The van der Waals surface area contributed by atoms with Gasteiger partial charge in [-0.15, -0.1) is 10.2 Å². The number of piperidine rings is 1. The summed E-state index contributed by atoms with van der Waals surface area (Å²) in [6, 6.07) is 6.69. The molecule has 5 rings (SSSR count). The second kappa shape index (κ2) is 8.39. The maximum Gasteiger partial charge on any atom is 0.433 e. The minimum atomic E-state index is -4.39. The van der Waals surface area contributed by atoms with Crippen LogP contribution < -0.4 is 0 Å². The molecule has 3 aromatic heterocycles. The second-order valence-corrected chi connectivity index (χ2v) is 10.0. The van der Waals surface area contributed by atoms with Crippen LogP contribution in [-0.2, 0) is 18.6 Å². The van der Waals surface area contributed by atoms with E-state index >= 15 is 0 Å². The maximum absolute atomic E-state index is 12.8. The molecule has 1 aliphatic heterocycles. The first kappa shape index (κ1) is 22.3. The van der Waals surface area contributed by atoms with Crippen molar-refractivity contribution in [1.29, 1.82) is 0 Å². The molecule has 2 fully saturated rings. The Morgan fingerprint density at radius 1 is 1.12 bits per heavy atom. The molecule has 10 heteroatoms. The minimum Gasteiger partial charge on any atom is -0.305 e. The number of alkyl halides is 3. The number of aryl methyl sites for hydroxylation is 1. The zero-order chi connectivity index (χ0) is 23.2. The predicted molar refractivity (Wildman–Crippen MR) is 120 cm³/mol. The molecule has 1 saturated carbocycles. The fourth-order valence-electron chi connectivity index (χ4n) is 4.80. The molecule has 1 saturated heterocycles. The SMILES string of the molecule is Cc1ccc(-c2nnc(SCCCN3C[C@@H]4C[C@]4(c4ccc(C(F)(F)F)nc4)C3)n2C)cn1. The van der Waals surface area contributed by atoms with Crippen molar-refractivity contribution in [3.63, 3.8) is 0 Å². The smallest absolute Gasteiger partial charge is 0.305 e. The Morgan fingerprint density at radius 3 is 2.67 bits per heavy atom. The highest BCUT2D eigenvalue weighted by Gasteiger charge is 2.60. The van der Waals surface area contributed by atoms with Gasteiger partial charge < -0.3 is 9.47 Å². The van der Waals surface area contributed by atoms with Crippen LogP contribution in [-0.4, -0.2) is 55.0 Å². The number of thioether (sulfide) groups is 1. The van der Waals surface area contributed by atoms with Crippen LogP contribution in [0.1, 0.15) is 29.8 Å². The van der Waals surface area contributed by atoms with Crippen LogP contribution in [0.25, 0.3) is 11.4 Å². The number of rotatable bonds is 7. The molecule has 0 radical (unpaired) electrons. The summed E-state index contributed by atoms with van der Waals surface area (Å²) in [6.07, 6.45) is 0.902. The number of pyridine rings is 2. The summed E-state index contributed by atoms with van der Waals surface area (Å²) >= 11 is 1.69. The van der Waals surface area contributed by atoms with Crippen molar-refractivity contribution < 1.29 is 13.2 Å². The van der Waals surface area contributed by atoms with Gasteiger partial charge >= 0.3 is 6.18 Å². The zero-order valence-electron chi connectivity index (χ0n) is 18.5. The molecule has 174 valence electrons. The van der Waals surface area contributed by atoms with Gasteiger partial charge in [-0.05, 0) is 56.0 Å². The predicted octanol–water partition coefficient (Wildman–Crippen LogP) is 4.36. The first-order valence-electron chi connectivity index (χ1n) is 11.0. The maximum atomic E-state index is 12.8. The van der Waals surface area contributed by atoms with Gasteiger partial charge in [0.05, 0.1) is 0 Å². The highest BCUT2D eigenvalue weighted by Crippen LogP contribution is 2.58. The average Bonchev–Trinajstić information content (AvgIpc) is 3.16. The van der Waals surface area contributed by atoms with Crippen LogP contribution in [0.3, 0.4) is 0 Å². The lowest BCUT2D eigenvalue weighted by atomic mass is 9.96. The topological polar surface area (TPSA) is 59.7 Å². The number of hydrogen-bond donors (Lipinski definition) is 0. The zero-order valence-corrected chi connectivity index (χ0v) is 19.3. The number of hydrogen-bond acceptors (Lipinski definition) is 6. The van der Waals surface area contributed by atoms with E-state index in [9.17, 15) is 13.2 Å². The van der Waals surface area contributed by atoms with Crippen LogP contribution in [0.4, 0.5) is 13.2 Å². The van der Waals surface area contributed by atoms with Gasteiger partial charge in [-0.25, -0.2) is 0 Å². The summed E-state index contributed by atoms with van der Waals surface area (Å²) in [6.45, 7) is 4.81. The third-order valence-corrected chi connectivity index (χ3v) is 7.81. The highest BCUT2D eigenvalue weighted by atomic mass is 32.2. The second-order valence-electron chi connectivity index (χ2n) is 8.98. The molecule has 4 heterocycles. The summed E-state index contributed by atoms with van der Waals surface area (Å²) in [5, 5.41) is 9.52. The summed E-state index contributed by atoms with van der Waals surface area (Å²) < 4.78 is 40.4. The van der Waals surface area contributed by atoms with E-state index < -0.39 is 11.9 Å². The average molecular weight is 475 g/mol. The van der Waals surface area contributed by atoms with Crippen LogP contribution in [0.5, 0.6) is 0 Å². The van der Waals surface area contributed by atoms with Crippen molar-refractivity contribution in [3.05, 3.63) is 53.6 Å². The number of nitrogens with zero attached hydrogens (tertiary/aromatic N) is 6. The van der Waals surface area contributed by atoms with E-state index in [4.69, 9.17) is 0 Å². The third-order valence-electron chi connectivity index (χ3n) is 6.70. The molecule has 1 aliphatic carbocycles. The normalized spacial score (nSPS) is 22.5. The molecule has 6 nitrogen and oxygen atoms in total. The van der Waals surface area contributed by atoms with Gasteiger partial charge in [0.25, 0.3) is 0 Å². The van der Waals surface area contributed by atoms with Crippen LogP contribution >= 0.6 is 11.8 Å². The molecule has 0 unspecified atom stereocenters. The molecule has 3 aromatic rings. The van der Waals surface area contributed by atoms with Gasteiger partial charge in [0, 0.05) is 55.0 Å². The fourth-order valence-corrected chi connectivity index (χ4v) is 5.64. The Hall–Kier alpha value is -2.46. The van der Waals surface area contributed by atoms with Gasteiger partial charge in [0.15, 0.2) is 11.0 Å². The summed E-state index contributed by atoms with van der Waals surface area (Å²) in [4.78, 5) is 10.4. The monoisotopic (exact) mass is 474 g/mol. The molecular formula is C23H25F3N6S. The first-order valence-corrected chi connectivity index (χ1v) is 12.0. The van der Waals surface area contributed by atoms with E-state index in [-0.39, 0.29) is 5.41 Å². The van der Waals surface area contributed by atoms with Crippen molar-refractivity contribution in [1.82, 2.24) is 29.6 Å². The van der Waals surface area contributed by atoms with E-state index in [1.165, 1.54) is 6.20 Å². The van der Waals surface area contributed by atoms with Gasteiger partial charge in [-0.3, -0.25) is 9.97 Å².